The van der Waals surface area contributed by atoms with Gasteiger partial charge in [-0.05, 0) is 42.9 Å². The highest BCUT2D eigenvalue weighted by Crippen LogP contribution is 2.21. The maximum Gasteiger partial charge on any atom is 0.326 e. The second-order valence-electron chi connectivity index (χ2n) is 11.8. The first kappa shape index (κ1) is 34.0. The monoisotopic (exact) mass is 553 g/mol. The number of hydrogen-bond donors (Lipinski definition) is 5. The Morgan fingerprint density at radius 3 is 1.82 bits per heavy atom. The zero-order chi connectivity index (χ0) is 30.2. The summed E-state index contributed by atoms with van der Waals surface area (Å²) in [5.41, 5.74) is 5.94. The molecule has 0 unspecified atom stereocenters. The summed E-state index contributed by atoms with van der Waals surface area (Å²) in [7, 11) is 0. The van der Waals surface area contributed by atoms with Gasteiger partial charge in [-0.1, -0.05) is 55.4 Å². The maximum absolute atomic E-state index is 13.4. The van der Waals surface area contributed by atoms with E-state index in [2.05, 4.69) is 16.0 Å². The Kier molecular flexibility index (Phi) is 13.0. The zero-order valence-electron chi connectivity index (χ0n) is 24.4. The minimum Gasteiger partial charge on any atom is -0.480 e. The van der Waals surface area contributed by atoms with Gasteiger partial charge in [-0.25, -0.2) is 4.79 Å². The summed E-state index contributed by atoms with van der Waals surface area (Å²) in [4.78, 5) is 78.0. The fraction of sp³-hybridized carbons (Fsp3) is 0.778. The van der Waals surface area contributed by atoms with Crippen molar-refractivity contribution in [1.82, 2.24) is 20.9 Å². The molecule has 222 valence electrons. The predicted octanol–water partition coefficient (Wildman–Crippen LogP) is 0.427. The number of nitrogens with two attached hydrogens (primary N) is 1. The van der Waals surface area contributed by atoms with E-state index in [4.69, 9.17) is 5.73 Å². The van der Waals surface area contributed by atoms with Crippen LogP contribution in [-0.4, -0.2) is 82.1 Å². The molecular formula is C27H47N5O7. The summed E-state index contributed by atoms with van der Waals surface area (Å²) in [6.07, 6.45) is 0.933. The van der Waals surface area contributed by atoms with Crippen molar-refractivity contribution < 1.29 is 33.9 Å². The number of nitrogens with zero attached hydrogens (tertiary/aromatic N) is 1. The Morgan fingerprint density at radius 1 is 0.821 bits per heavy atom. The molecule has 1 fully saturated rings. The number of rotatable bonds is 14. The van der Waals surface area contributed by atoms with Gasteiger partial charge in [0, 0.05) is 6.54 Å². The molecule has 1 rings (SSSR count). The van der Waals surface area contributed by atoms with Crippen LogP contribution in [0.25, 0.3) is 0 Å². The minimum atomic E-state index is -1.20. The molecule has 1 aliphatic heterocycles. The van der Waals surface area contributed by atoms with Crippen molar-refractivity contribution in [3.05, 3.63) is 0 Å². The first-order valence-electron chi connectivity index (χ1n) is 13.7. The summed E-state index contributed by atoms with van der Waals surface area (Å²) in [5.74, 6) is -5.62. The fourth-order valence-electron chi connectivity index (χ4n) is 4.40. The first-order chi connectivity index (χ1) is 18.0. The van der Waals surface area contributed by atoms with Crippen LogP contribution < -0.4 is 21.7 Å². The number of aliphatic carboxylic acids is 1. The summed E-state index contributed by atoms with van der Waals surface area (Å²) < 4.78 is 0. The molecule has 0 bridgehead atoms. The van der Waals surface area contributed by atoms with Crippen molar-refractivity contribution in [3.63, 3.8) is 0 Å². The van der Waals surface area contributed by atoms with Gasteiger partial charge in [0.15, 0.2) is 0 Å². The molecule has 1 heterocycles. The van der Waals surface area contributed by atoms with Gasteiger partial charge in [0.25, 0.3) is 5.91 Å². The number of hydrogen-bond acceptors (Lipinski definition) is 7. The third-order valence-electron chi connectivity index (χ3n) is 6.87. The molecule has 39 heavy (non-hydrogen) atoms. The second-order valence-corrected chi connectivity index (χ2v) is 11.8. The van der Waals surface area contributed by atoms with Crippen LogP contribution in [0.4, 0.5) is 0 Å². The quantitative estimate of drug-likeness (QED) is 0.191. The fourth-order valence-corrected chi connectivity index (χ4v) is 4.40. The van der Waals surface area contributed by atoms with Crippen LogP contribution >= 0.6 is 0 Å². The Bertz CT molecular complexity index is 918. The molecule has 0 aromatic heterocycles. The van der Waals surface area contributed by atoms with Crippen LogP contribution in [0.5, 0.6) is 0 Å². The lowest BCUT2D eigenvalue weighted by atomic mass is 9.98. The van der Waals surface area contributed by atoms with Crippen molar-refractivity contribution in [2.75, 3.05) is 6.54 Å². The Morgan fingerprint density at radius 2 is 1.36 bits per heavy atom. The van der Waals surface area contributed by atoms with Crippen molar-refractivity contribution in [2.45, 2.75) is 105 Å². The molecule has 0 spiro atoms. The van der Waals surface area contributed by atoms with E-state index in [1.54, 1.807) is 41.5 Å². The van der Waals surface area contributed by atoms with Gasteiger partial charge in [-0.15, -0.1) is 0 Å². The highest BCUT2D eigenvalue weighted by atomic mass is 16.4. The maximum atomic E-state index is 13.4. The SMILES string of the molecule is CC(C)C[C@@H](NC(=O)C(=O)[C@@H]1CCCN1C(=O)[C@@H](NC(=O)[C@@H](N)C(C)C)C(C)C)C(=O)N[C@H](C(=O)O)C(C)C. The third-order valence-corrected chi connectivity index (χ3v) is 6.87. The van der Waals surface area contributed by atoms with Crippen LogP contribution in [0.3, 0.4) is 0 Å². The van der Waals surface area contributed by atoms with Gasteiger partial charge >= 0.3 is 5.97 Å². The van der Waals surface area contributed by atoms with E-state index < -0.39 is 71.5 Å². The lowest BCUT2D eigenvalue weighted by Crippen LogP contribution is -2.59. The van der Waals surface area contributed by atoms with Gasteiger partial charge in [-0.3, -0.25) is 24.0 Å². The van der Waals surface area contributed by atoms with Crippen LogP contribution in [-0.2, 0) is 28.8 Å². The number of carbonyl (C=O) groups is 6. The Labute approximate surface area is 231 Å². The lowest BCUT2D eigenvalue weighted by Gasteiger charge is -2.31. The number of ketones is 1. The van der Waals surface area contributed by atoms with E-state index >= 15 is 0 Å². The highest BCUT2D eigenvalue weighted by molar-refractivity contribution is 6.38. The van der Waals surface area contributed by atoms with Crippen molar-refractivity contribution in [3.8, 4) is 0 Å². The molecule has 0 saturated carbocycles. The third kappa shape index (κ3) is 9.59. The molecule has 0 aliphatic carbocycles. The van der Waals surface area contributed by atoms with E-state index in [0.717, 1.165) is 0 Å². The van der Waals surface area contributed by atoms with Gasteiger partial charge in [0.2, 0.25) is 23.5 Å². The largest absolute Gasteiger partial charge is 0.480 e. The average molecular weight is 554 g/mol. The number of amides is 4. The van der Waals surface area contributed by atoms with E-state index in [9.17, 15) is 33.9 Å². The second kappa shape index (κ2) is 14.9. The standard InChI is InChI=1S/C27H47N5O7/c1-13(2)12-17(23(34)31-21(16(7)8)27(38)39)29-25(36)22(33)18-10-9-11-32(18)26(37)20(15(5)6)30-24(35)19(28)14(3)4/h13-21H,9-12,28H2,1-8H3,(H,29,36)(H,30,35)(H,31,34)(H,38,39)/t17-,18+,19+,20+,21+/m1/s1. The zero-order valence-corrected chi connectivity index (χ0v) is 24.4. The molecule has 4 amide bonds. The number of carboxylic acid groups (broad SMARTS) is 1. The molecule has 0 aromatic carbocycles. The highest BCUT2D eigenvalue weighted by Gasteiger charge is 2.42. The molecular weight excluding hydrogens is 506 g/mol. The van der Waals surface area contributed by atoms with Crippen LogP contribution in [0.1, 0.15) is 74.7 Å². The normalized spacial score (nSPS) is 18.6. The van der Waals surface area contributed by atoms with Gasteiger partial charge in [0.05, 0.1) is 6.04 Å². The Hall–Kier alpha value is -3.02. The molecule has 6 N–H and O–H groups in total. The Balaban J connectivity index is 3.06. The average Bonchev–Trinajstić information content (AvgIpc) is 3.32. The number of carboxylic acids is 1. The number of carbonyl (C=O) groups excluding carboxylic acids is 5. The summed E-state index contributed by atoms with van der Waals surface area (Å²) in [6.45, 7) is 14.3. The molecule has 0 aromatic rings. The van der Waals surface area contributed by atoms with Crippen molar-refractivity contribution >= 4 is 35.4 Å². The van der Waals surface area contributed by atoms with Crippen LogP contribution in [0.2, 0.25) is 0 Å². The van der Waals surface area contributed by atoms with Crippen LogP contribution in [0, 0.1) is 23.7 Å². The van der Waals surface area contributed by atoms with E-state index in [1.807, 2.05) is 13.8 Å². The first-order valence-corrected chi connectivity index (χ1v) is 13.7. The van der Waals surface area contributed by atoms with E-state index in [1.165, 1.54) is 4.90 Å². The molecule has 12 nitrogen and oxygen atoms in total. The van der Waals surface area contributed by atoms with Gasteiger partial charge in [0.1, 0.15) is 24.2 Å². The van der Waals surface area contributed by atoms with E-state index in [-0.39, 0.29) is 37.1 Å². The van der Waals surface area contributed by atoms with Gasteiger partial charge in [-0.2, -0.15) is 0 Å². The van der Waals surface area contributed by atoms with Crippen molar-refractivity contribution in [1.29, 1.82) is 0 Å². The topological polar surface area (TPSA) is 188 Å². The molecule has 0 radical (unpaired) electrons. The summed E-state index contributed by atoms with van der Waals surface area (Å²) in [5, 5.41) is 17.0. The number of nitrogens with one attached hydrogen (secondary N) is 3. The smallest absolute Gasteiger partial charge is 0.326 e. The predicted molar refractivity (Wildman–Crippen MR) is 145 cm³/mol. The van der Waals surface area contributed by atoms with Gasteiger partial charge < -0.3 is 31.7 Å². The minimum absolute atomic E-state index is 0.0457. The summed E-state index contributed by atoms with van der Waals surface area (Å²) >= 11 is 0. The molecule has 1 aliphatic rings. The number of likely N-dealkylation sites (tertiary alicyclic amines) is 1. The molecule has 1 saturated heterocycles. The van der Waals surface area contributed by atoms with Crippen LogP contribution in [0.15, 0.2) is 0 Å². The molecule has 12 heteroatoms. The van der Waals surface area contributed by atoms with Crippen molar-refractivity contribution in [2.24, 2.45) is 29.4 Å². The number of Topliss-reactive ketones (excluding diaryl/α,β-unsaturated/α-hetero) is 1. The molecule has 5 atom stereocenters. The summed E-state index contributed by atoms with van der Waals surface area (Å²) in [6, 6.07) is -5.06. The van der Waals surface area contributed by atoms with E-state index in [0.29, 0.717) is 6.42 Å². The lowest BCUT2D eigenvalue weighted by molar-refractivity contribution is -0.147.